The van der Waals surface area contributed by atoms with E-state index >= 15 is 0 Å². The van der Waals surface area contributed by atoms with Gasteiger partial charge in [0.2, 0.25) is 0 Å². The van der Waals surface area contributed by atoms with Crippen molar-refractivity contribution in [3.63, 3.8) is 0 Å². The first-order valence-corrected chi connectivity index (χ1v) is 5.99. The molecule has 1 aliphatic heterocycles. The van der Waals surface area contributed by atoms with Crippen LogP contribution < -0.4 is 10.1 Å². The molecule has 2 aromatic heterocycles. The first-order valence-electron chi connectivity index (χ1n) is 5.99. The Hall–Kier alpha value is -1.72. The van der Waals surface area contributed by atoms with Crippen LogP contribution in [0.5, 0.6) is 5.75 Å². The molecule has 19 heavy (non-hydrogen) atoms. The Morgan fingerprint density at radius 3 is 2.58 bits per heavy atom. The van der Waals surface area contributed by atoms with Crippen molar-refractivity contribution in [1.82, 2.24) is 20.3 Å². The minimum absolute atomic E-state index is 0. The number of nitrogens with one attached hydrogen (secondary N) is 1. The van der Waals surface area contributed by atoms with Crippen molar-refractivity contribution in [2.24, 2.45) is 0 Å². The Labute approximate surface area is 117 Å². The van der Waals surface area contributed by atoms with Crippen molar-refractivity contribution in [2.45, 2.75) is 12.5 Å². The molecule has 0 aromatic carbocycles. The molecule has 1 N–H and O–H groups in total. The maximum Gasteiger partial charge on any atom is 0.138 e. The lowest BCUT2D eigenvalue weighted by Crippen LogP contribution is -2.19. The van der Waals surface area contributed by atoms with E-state index in [1.165, 1.54) is 6.33 Å². The third-order valence-electron chi connectivity index (χ3n) is 2.92. The summed E-state index contributed by atoms with van der Waals surface area (Å²) in [6.07, 6.45) is 9.87. The zero-order valence-electron chi connectivity index (χ0n) is 10.3. The first kappa shape index (κ1) is 13.7. The standard InChI is InChI=1S/C13H14N4O.ClH/c1-2-14-7-12(1)18-13-3-10(4-15-8-13)11-5-16-9-17-6-11;/h3-6,8-9,12,14H,1-2,7H2;1H/t12-;/m1./s1. The van der Waals surface area contributed by atoms with E-state index in [1.54, 1.807) is 24.8 Å². The Balaban J connectivity index is 0.00000133. The quantitative estimate of drug-likeness (QED) is 0.926. The molecule has 2 aromatic rings. The number of hydrogen-bond acceptors (Lipinski definition) is 5. The Morgan fingerprint density at radius 2 is 1.84 bits per heavy atom. The lowest BCUT2D eigenvalue weighted by atomic mass is 10.1. The van der Waals surface area contributed by atoms with Crippen LogP contribution in [0.1, 0.15) is 6.42 Å². The topological polar surface area (TPSA) is 59.9 Å². The fourth-order valence-corrected chi connectivity index (χ4v) is 2.01. The van der Waals surface area contributed by atoms with Gasteiger partial charge in [0.25, 0.3) is 0 Å². The van der Waals surface area contributed by atoms with Crippen molar-refractivity contribution >= 4 is 12.4 Å². The van der Waals surface area contributed by atoms with E-state index in [0.29, 0.717) is 0 Å². The van der Waals surface area contributed by atoms with Gasteiger partial charge in [0.1, 0.15) is 18.2 Å². The van der Waals surface area contributed by atoms with Crippen LogP contribution in [-0.4, -0.2) is 34.1 Å². The molecule has 1 fully saturated rings. The predicted octanol–water partition coefficient (Wildman–Crippen LogP) is 1.70. The van der Waals surface area contributed by atoms with Gasteiger partial charge in [0.15, 0.2) is 0 Å². The molecule has 3 heterocycles. The van der Waals surface area contributed by atoms with Crippen molar-refractivity contribution in [1.29, 1.82) is 0 Å². The van der Waals surface area contributed by atoms with Crippen molar-refractivity contribution < 1.29 is 4.74 Å². The van der Waals surface area contributed by atoms with E-state index in [2.05, 4.69) is 20.3 Å². The molecule has 100 valence electrons. The average molecular weight is 279 g/mol. The molecule has 1 saturated heterocycles. The smallest absolute Gasteiger partial charge is 0.138 e. The van der Waals surface area contributed by atoms with Gasteiger partial charge in [-0.05, 0) is 19.0 Å². The van der Waals surface area contributed by atoms with Crippen LogP contribution in [0.25, 0.3) is 11.1 Å². The summed E-state index contributed by atoms with van der Waals surface area (Å²) in [6, 6.07) is 1.98. The van der Waals surface area contributed by atoms with Gasteiger partial charge in [-0.2, -0.15) is 0 Å². The monoisotopic (exact) mass is 278 g/mol. The van der Waals surface area contributed by atoms with Crippen LogP contribution >= 0.6 is 12.4 Å². The van der Waals surface area contributed by atoms with Crippen LogP contribution in [0.15, 0.2) is 37.2 Å². The summed E-state index contributed by atoms with van der Waals surface area (Å²) in [6.45, 7) is 1.92. The van der Waals surface area contributed by atoms with Crippen LogP contribution in [-0.2, 0) is 0 Å². The summed E-state index contributed by atoms with van der Waals surface area (Å²) < 4.78 is 5.87. The molecular weight excluding hydrogens is 264 g/mol. The Bertz CT molecular complexity index is 517. The van der Waals surface area contributed by atoms with Gasteiger partial charge < -0.3 is 10.1 Å². The molecule has 3 rings (SSSR count). The number of nitrogens with zero attached hydrogens (tertiary/aromatic N) is 3. The van der Waals surface area contributed by atoms with Crippen LogP contribution in [0, 0.1) is 0 Å². The third kappa shape index (κ3) is 3.39. The summed E-state index contributed by atoms with van der Waals surface area (Å²) in [5, 5.41) is 3.27. The summed E-state index contributed by atoms with van der Waals surface area (Å²) in [7, 11) is 0. The lowest BCUT2D eigenvalue weighted by Gasteiger charge is -2.12. The van der Waals surface area contributed by atoms with Gasteiger partial charge in [-0.3, -0.25) is 4.98 Å². The molecule has 0 saturated carbocycles. The van der Waals surface area contributed by atoms with Crippen LogP contribution in [0.2, 0.25) is 0 Å². The third-order valence-corrected chi connectivity index (χ3v) is 2.92. The normalized spacial score (nSPS) is 17.8. The largest absolute Gasteiger partial charge is 0.487 e. The average Bonchev–Trinajstić information content (AvgIpc) is 2.93. The zero-order valence-corrected chi connectivity index (χ0v) is 11.1. The highest BCUT2D eigenvalue weighted by Crippen LogP contribution is 2.22. The van der Waals surface area contributed by atoms with Gasteiger partial charge in [-0.25, -0.2) is 9.97 Å². The molecule has 5 nitrogen and oxygen atoms in total. The van der Waals surface area contributed by atoms with E-state index in [9.17, 15) is 0 Å². The Morgan fingerprint density at radius 1 is 1.05 bits per heavy atom. The van der Waals surface area contributed by atoms with Gasteiger partial charge in [-0.1, -0.05) is 0 Å². The van der Waals surface area contributed by atoms with Crippen LogP contribution in [0.3, 0.4) is 0 Å². The molecule has 0 bridgehead atoms. The second-order valence-electron chi connectivity index (χ2n) is 4.27. The van der Waals surface area contributed by atoms with E-state index in [-0.39, 0.29) is 18.5 Å². The minimum atomic E-state index is 0. The van der Waals surface area contributed by atoms with Gasteiger partial charge in [-0.15, -0.1) is 12.4 Å². The lowest BCUT2D eigenvalue weighted by molar-refractivity contribution is 0.222. The predicted molar refractivity (Wildman–Crippen MR) is 74.4 cm³/mol. The fraction of sp³-hybridized carbons (Fsp3) is 0.308. The van der Waals surface area contributed by atoms with E-state index in [0.717, 1.165) is 36.4 Å². The summed E-state index contributed by atoms with van der Waals surface area (Å²) in [4.78, 5) is 12.2. The van der Waals surface area contributed by atoms with Crippen LogP contribution in [0.4, 0.5) is 0 Å². The van der Waals surface area contributed by atoms with Crippen molar-refractivity contribution in [3.8, 4) is 16.9 Å². The van der Waals surface area contributed by atoms with Crippen molar-refractivity contribution in [3.05, 3.63) is 37.2 Å². The Kier molecular flexibility index (Phi) is 4.65. The molecule has 0 radical (unpaired) electrons. The first-order chi connectivity index (χ1) is 8.92. The number of rotatable bonds is 3. The highest BCUT2D eigenvalue weighted by Gasteiger charge is 2.16. The van der Waals surface area contributed by atoms with E-state index < -0.39 is 0 Å². The maximum atomic E-state index is 5.87. The molecular formula is C13H15ClN4O. The summed E-state index contributed by atoms with van der Waals surface area (Å²) >= 11 is 0. The number of pyridine rings is 1. The van der Waals surface area contributed by atoms with Gasteiger partial charge in [0.05, 0.1) is 6.20 Å². The SMILES string of the molecule is Cl.c1ncc(-c2cncc(O[C@@H]3CCNC3)c2)cn1. The number of ether oxygens (including phenoxy) is 1. The second kappa shape index (κ2) is 6.45. The highest BCUT2D eigenvalue weighted by atomic mass is 35.5. The molecule has 1 atom stereocenters. The number of hydrogen-bond donors (Lipinski definition) is 1. The molecule has 1 aliphatic rings. The molecule has 0 spiro atoms. The molecule has 0 unspecified atom stereocenters. The van der Waals surface area contributed by atoms with Gasteiger partial charge >= 0.3 is 0 Å². The zero-order chi connectivity index (χ0) is 12.2. The van der Waals surface area contributed by atoms with Gasteiger partial charge in [0, 0.05) is 36.3 Å². The number of aromatic nitrogens is 3. The molecule has 6 heteroatoms. The van der Waals surface area contributed by atoms with Crippen molar-refractivity contribution in [2.75, 3.05) is 13.1 Å². The van der Waals surface area contributed by atoms with E-state index in [4.69, 9.17) is 4.74 Å². The highest BCUT2D eigenvalue weighted by molar-refractivity contribution is 5.85. The second-order valence-corrected chi connectivity index (χ2v) is 4.27. The summed E-state index contributed by atoms with van der Waals surface area (Å²) in [5.74, 6) is 0.796. The molecule has 0 amide bonds. The minimum Gasteiger partial charge on any atom is -0.487 e. The number of halogens is 1. The summed E-state index contributed by atoms with van der Waals surface area (Å²) in [5.41, 5.74) is 1.92. The fourth-order valence-electron chi connectivity index (χ4n) is 2.01. The maximum absolute atomic E-state index is 5.87. The molecule has 0 aliphatic carbocycles. The van der Waals surface area contributed by atoms with E-state index in [1.807, 2.05) is 6.07 Å².